The number of benzene rings is 1. The van der Waals surface area contributed by atoms with Gasteiger partial charge in [-0.05, 0) is 71.7 Å². The molecule has 295 valence electrons. The van der Waals surface area contributed by atoms with Crippen molar-refractivity contribution in [3.05, 3.63) is 58.7 Å². The van der Waals surface area contributed by atoms with Gasteiger partial charge in [0.05, 0.1) is 35.8 Å². The number of hydrogen-bond acceptors (Lipinski definition) is 13. The number of hydrogen-bond donors (Lipinski definition) is 6. The van der Waals surface area contributed by atoms with Crippen molar-refractivity contribution in [2.24, 2.45) is 16.7 Å². The van der Waals surface area contributed by atoms with Crippen molar-refractivity contribution in [2.45, 2.75) is 135 Å². The normalized spacial score (nSPS) is 35.2. The maximum absolute atomic E-state index is 14.6. The van der Waals surface area contributed by atoms with E-state index in [9.17, 15) is 44.7 Å². The molecule has 6 N–H and O–H groups in total. The number of ether oxygens (including phenoxy) is 4. The first-order valence-corrected chi connectivity index (χ1v) is 17.9. The van der Waals surface area contributed by atoms with Crippen LogP contribution in [0.3, 0.4) is 0 Å². The Bertz CT molecular complexity index is 1700. The number of carbonyl (C=O) groups is 4. The fourth-order valence-electron chi connectivity index (χ4n) is 8.75. The number of amides is 1. The molecular weight excluding hydrogens is 917 g/mol. The minimum atomic E-state index is -2.29. The van der Waals surface area contributed by atoms with Gasteiger partial charge in [-0.1, -0.05) is 43.7 Å². The molecular formula is C39H53AcNO13. The number of allylic oxidation sites excluding steroid dienone is 1. The van der Waals surface area contributed by atoms with Crippen molar-refractivity contribution in [3.63, 3.8) is 0 Å². The van der Waals surface area contributed by atoms with E-state index in [4.69, 9.17) is 18.9 Å². The van der Waals surface area contributed by atoms with Crippen molar-refractivity contribution in [2.75, 3.05) is 6.61 Å². The van der Waals surface area contributed by atoms with Gasteiger partial charge in [-0.2, -0.15) is 0 Å². The first kappa shape index (κ1) is 44.5. The van der Waals surface area contributed by atoms with Crippen LogP contribution in [0.1, 0.15) is 85.5 Å². The third-order valence-electron chi connectivity index (χ3n) is 11.7. The summed E-state index contributed by atoms with van der Waals surface area (Å²) in [4.78, 5) is 54.9. The van der Waals surface area contributed by atoms with Crippen LogP contribution in [0.25, 0.3) is 0 Å². The van der Waals surface area contributed by atoms with Crippen LogP contribution in [0.4, 0.5) is 4.79 Å². The smallest absolute Gasteiger partial charge is 0.408 e. The molecule has 2 saturated carbocycles. The van der Waals surface area contributed by atoms with Crippen LogP contribution >= 0.6 is 0 Å². The molecule has 54 heavy (non-hydrogen) atoms. The van der Waals surface area contributed by atoms with E-state index < -0.39 is 106 Å². The van der Waals surface area contributed by atoms with Gasteiger partial charge in [-0.25, -0.2) is 14.4 Å². The van der Waals surface area contributed by atoms with Crippen LogP contribution in [0.5, 0.6) is 0 Å². The van der Waals surface area contributed by atoms with Gasteiger partial charge in [0.15, 0.2) is 11.9 Å². The minimum Gasteiger partial charge on any atom is -0.456 e. The molecule has 1 aromatic rings. The molecule has 14 nitrogen and oxygen atoms in total. The molecule has 0 aromatic heterocycles. The van der Waals surface area contributed by atoms with Crippen molar-refractivity contribution in [3.8, 4) is 0 Å². The molecule has 2 bridgehead atoms. The molecule has 1 saturated heterocycles. The molecule has 15 heteroatoms. The minimum absolute atomic E-state index is 0. The fraction of sp³-hybridized carbons (Fsp3) is 0.641. The fourth-order valence-corrected chi connectivity index (χ4v) is 8.75. The van der Waals surface area contributed by atoms with E-state index in [1.807, 2.05) is 0 Å². The quantitative estimate of drug-likeness (QED) is 0.132. The summed E-state index contributed by atoms with van der Waals surface area (Å²) in [6.45, 7) is 14.0. The van der Waals surface area contributed by atoms with E-state index in [1.54, 1.807) is 66.7 Å². The molecule has 3 aliphatic carbocycles. The predicted molar refractivity (Wildman–Crippen MR) is 188 cm³/mol. The van der Waals surface area contributed by atoms with E-state index in [0.717, 1.165) is 0 Å². The molecule has 0 spiro atoms. The Hall–Kier alpha value is -2.22. The number of aliphatic hydroxyl groups is 5. The molecule has 1 aliphatic heterocycles. The summed E-state index contributed by atoms with van der Waals surface area (Å²) in [5.74, 6) is -4.52. The summed E-state index contributed by atoms with van der Waals surface area (Å²) >= 11 is 0. The van der Waals surface area contributed by atoms with Gasteiger partial charge >= 0.3 is 18.0 Å². The van der Waals surface area contributed by atoms with Crippen LogP contribution in [-0.2, 0) is 28.5 Å². The molecule has 5 rings (SSSR count). The number of aliphatic hydroxyl groups excluding tert-OH is 3. The average Bonchev–Trinajstić information content (AvgIpc) is 3.05. The molecule has 1 unspecified atom stereocenters. The molecule has 1 heterocycles. The molecule has 3 fully saturated rings. The maximum Gasteiger partial charge on any atom is 0.408 e. The second kappa shape index (κ2) is 15.6. The number of nitrogens with one attached hydrogen (secondary N) is 1. The van der Waals surface area contributed by atoms with Gasteiger partial charge in [-0.3, -0.25) is 4.79 Å². The molecule has 1 amide bonds. The Labute approximate surface area is 351 Å². The van der Waals surface area contributed by atoms with E-state index in [2.05, 4.69) is 5.32 Å². The van der Waals surface area contributed by atoms with Crippen molar-refractivity contribution < 1.29 is 108 Å². The zero-order chi connectivity index (χ0) is 39.6. The van der Waals surface area contributed by atoms with E-state index in [1.165, 1.54) is 32.1 Å². The maximum atomic E-state index is 14.6. The third-order valence-corrected chi connectivity index (χ3v) is 11.7. The number of rotatable bonds is 7. The number of ketones is 1. The van der Waals surface area contributed by atoms with Gasteiger partial charge in [0.25, 0.3) is 0 Å². The summed E-state index contributed by atoms with van der Waals surface area (Å²) in [6, 6.07) is 6.59. The predicted octanol–water partition coefficient (Wildman–Crippen LogP) is 2.28. The zero-order valence-electron chi connectivity index (χ0n) is 32.3. The first-order valence-electron chi connectivity index (χ1n) is 17.9. The molecule has 4 aliphatic rings. The average molecular weight is 971 g/mol. The van der Waals surface area contributed by atoms with E-state index in [-0.39, 0.29) is 73.8 Å². The Kier molecular flexibility index (Phi) is 12.9. The summed E-state index contributed by atoms with van der Waals surface area (Å²) in [5.41, 5.74) is -7.72. The van der Waals surface area contributed by atoms with Crippen molar-refractivity contribution >= 4 is 23.8 Å². The van der Waals surface area contributed by atoms with Crippen LogP contribution in [0, 0.1) is 60.8 Å². The zero-order valence-corrected chi connectivity index (χ0v) is 37.0. The van der Waals surface area contributed by atoms with Crippen LogP contribution in [-0.4, -0.2) is 115 Å². The van der Waals surface area contributed by atoms with Crippen LogP contribution in [0.2, 0.25) is 0 Å². The Morgan fingerprint density at radius 1 is 1.04 bits per heavy atom. The monoisotopic (exact) mass is 970 g/mol. The van der Waals surface area contributed by atoms with Gasteiger partial charge < -0.3 is 49.8 Å². The summed E-state index contributed by atoms with van der Waals surface area (Å²) in [6.07, 6.45) is -9.70. The number of alkyl carbamates (subject to hydrolysis) is 1. The Balaban J connectivity index is 0.00000650. The standard InChI is InChI=1S/C39H53NO13.Ac/c1-19(2)15-22(40-34(47)53-35(4,5)6)27(42)33(46)51-23-17-39(49)31(52-32(45)21-13-11-10-12-14-21)29-37(9,24(41)16-25-38(29,48)18-50-25)30(44)28(43)26(20(23)3)36(39,7)8;/h10-15,22-25,27-29,31,41-43,48-49H,16-18H2,1-9H3,(H,40,47);/t22-,23?,24-,25+,27+,28+,29-,31-,37+,38-,39+;/m0./s1. The second-order valence-corrected chi connectivity index (χ2v) is 16.9. The van der Waals surface area contributed by atoms with E-state index in [0.29, 0.717) is 5.57 Å². The SMILES string of the molecule is CC(C)=C[C@H](NC(=O)OC(C)(C)C)[C@@H](O)C(=O)OC1C[C@@]2(O)[C@@H](OC(=O)c3ccccc3)[C@@H]3[C@]4(O)CO[C@@H]4C[C@H](O)[C@@]3(C)C(=O)[C@H](O)C(=C1C)C2(C)C.[Ac]. The van der Waals surface area contributed by atoms with Gasteiger partial charge in [0, 0.05) is 68.2 Å². The Morgan fingerprint density at radius 2 is 1.65 bits per heavy atom. The molecule has 11 atom stereocenters. The van der Waals surface area contributed by atoms with Crippen molar-refractivity contribution in [1.82, 2.24) is 5.32 Å². The topological polar surface area (TPSA) is 218 Å². The number of carbonyl (C=O) groups excluding carboxylic acids is 4. The third kappa shape index (κ3) is 7.61. The second-order valence-electron chi connectivity index (χ2n) is 16.9. The van der Waals surface area contributed by atoms with Gasteiger partial charge in [0.1, 0.15) is 35.1 Å². The molecule has 1 radical (unpaired) electrons. The molecule has 1 aromatic carbocycles. The van der Waals surface area contributed by atoms with Crippen LogP contribution < -0.4 is 5.32 Å². The Morgan fingerprint density at radius 3 is 2.19 bits per heavy atom. The summed E-state index contributed by atoms with van der Waals surface area (Å²) < 4.78 is 23.0. The van der Waals surface area contributed by atoms with Crippen molar-refractivity contribution in [1.29, 1.82) is 0 Å². The first-order chi connectivity index (χ1) is 24.4. The van der Waals surface area contributed by atoms with E-state index >= 15 is 0 Å². The summed E-state index contributed by atoms with van der Waals surface area (Å²) in [5, 5.41) is 62.7. The number of fused-ring (bicyclic) bond motifs is 5. The van der Waals surface area contributed by atoms with Gasteiger partial charge in [0.2, 0.25) is 0 Å². The summed E-state index contributed by atoms with van der Waals surface area (Å²) in [7, 11) is 0. The number of Topliss-reactive ketones (excluding diaryl/α,β-unsaturated/α-hetero) is 1. The largest absolute Gasteiger partial charge is 0.456 e. The van der Waals surface area contributed by atoms with Crippen LogP contribution in [0.15, 0.2) is 53.1 Å². The van der Waals surface area contributed by atoms with Gasteiger partial charge in [-0.15, -0.1) is 0 Å². The number of esters is 2.